The maximum Gasteiger partial charge on any atom is 0.246 e. The minimum absolute atomic E-state index is 0.0830. The van der Waals surface area contributed by atoms with Crippen molar-refractivity contribution in [1.29, 1.82) is 0 Å². The van der Waals surface area contributed by atoms with Crippen LogP contribution < -0.4 is 0 Å². The number of hydrogen-bond acceptors (Lipinski definition) is 4. The fraction of sp³-hybridized carbons (Fsp3) is 0.294. The van der Waals surface area contributed by atoms with Crippen LogP contribution in [0.4, 0.5) is 0 Å². The Balaban J connectivity index is 1.48. The average molecular weight is 313 g/mol. The molecule has 0 radical (unpaired) electrons. The van der Waals surface area contributed by atoms with Crippen LogP contribution in [0.25, 0.3) is 6.08 Å². The van der Waals surface area contributed by atoms with E-state index in [0.717, 1.165) is 38.3 Å². The third kappa shape index (κ3) is 4.02. The van der Waals surface area contributed by atoms with Crippen molar-refractivity contribution in [2.24, 2.45) is 0 Å². The van der Waals surface area contributed by atoms with Crippen LogP contribution in [-0.2, 0) is 11.3 Å². The summed E-state index contributed by atoms with van der Waals surface area (Å²) < 4.78 is 0. The van der Waals surface area contributed by atoms with Gasteiger partial charge in [-0.1, -0.05) is 12.1 Å². The maximum atomic E-state index is 12.2. The molecule has 114 valence electrons. The summed E-state index contributed by atoms with van der Waals surface area (Å²) in [6.07, 6.45) is 6.95. The lowest BCUT2D eigenvalue weighted by atomic mass is 10.2. The van der Waals surface area contributed by atoms with E-state index < -0.39 is 0 Å². The van der Waals surface area contributed by atoms with Crippen molar-refractivity contribution in [3.05, 3.63) is 58.6 Å². The zero-order chi connectivity index (χ0) is 15.2. The van der Waals surface area contributed by atoms with Crippen LogP contribution in [0.2, 0.25) is 0 Å². The first-order chi connectivity index (χ1) is 10.8. The molecule has 0 atom stereocenters. The van der Waals surface area contributed by atoms with E-state index >= 15 is 0 Å². The molecule has 0 unspecified atom stereocenters. The molecule has 0 N–H and O–H groups in total. The van der Waals surface area contributed by atoms with Gasteiger partial charge in [-0.2, -0.15) is 0 Å². The molecular formula is C17H19N3OS. The number of rotatable bonds is 4. The zero-order valence-corrected chi connectivity index (χ0v) is 13.2. The van der Waals surface area contributed by atoms with Gasteiger partial charge in [0.1, 0.15) is 0 Å². The molecule has 2 aromatic rings. The first kappa shape index (κ1) is 14.9. The van der Waals surface area contributed by atoms with Gasteiger partial charge in [0.2, 0.25) is 5.91 Å². The highest BCUT2D eigenvalue weighted by molar-refractivity contribution is 7.09. The summed E-state index contributed by atoms with van der Waals surface area (Å²) in [5.74, 6) is 0.0830. The van der Waals surface area contributed by atoms with Crippen LogP contribution in [-0.4, -0.2) is 46.9 Å². The molecule has 2 aromatic heterocycles. The van der Waals surface area contributed by atoms with E-state index in [0.29, 0.717) is 0 Å². The number of piperazine rings is 1. The molecule has 22 heavy (non-hydrogen) atoms. The van der Waals surface area contributed by atoms with Gasteiger partial charge in [0, 0.05) is 56.1 Å². The summed E-state index contributed by atoms with van der Waals surface area (Å²) in [4.78, 5) is 21.9. The molecule has 5 heteroatoms. The molecule has 3 rings (SSSR count). The van der Waals surface area contributed by atoms with Crippen molar-refractivity contribution >= 4 is 23.3 Å². The third-order valence-electron chi connectivity index (χ3n) is 3.75. The van der Waals surface area contributed by atoms with Gasteiger partial charge < -0.3 is 4.90 Å². The lowest BCUT2D eigenvalue weighted by Crippen LogP contribution is -2.47. The molecular weight excluding hydrogens is 294 g/mol. The van der Waals surface area contributed by atoms with Gasteiger partial charge in [-0.25, -0.2) is 0 Å². The van der Waals surface area contributed by atoms with Gasteiger partial charge in [-0.05, 0) is 29.2 Å². The van der Waals surface area contributed by atoms with Gasteiger partial charge in [0.05, 0.1) is 0 Å². The van der Waals surface area contributed by atoms with Crippen molar-refractivity contribution in [2.75, 3.05) is 26.2 Å². The number of nitrogens with zero attached hydrogens (tertiary/aromatic N) is 3. The van der Waals surface area contributed by atoms with E-state index in [-0.39, 0.29) is 5.91 Å². The van der Waals surface area contributed by atoms with Gasteiger partial charge in [-0.3, -0.25) is 14.7 Å². The molecule has 4 nitrogen and oxygen atoms in total. The highest BCUT2D eigenvalue weighted by Gasteiger charge is 2.19. The number of thiophene rings is 1. The standard InChI is InChI=1S/C17H19N3OS/c21-17(6-5-15-3-1-7-18-13-15)20-10-8-19(9-11-20)14-16-4-2-12-22-16/h1-7,12-13H,8-11,14H2/b6-5+. The molecule has 1 aliphatic heterocycles. The molecule has 0 spiro atoms. The Morgan fingerprint density at radius 3 is 2.77 bits per heavy atom. The van der Waals surface area contributed by atoms with E-state index in [4.69, 9.17) is 0 Å². The van der Waals surface area contributed by atoms with Gasteiger partial charge in [0.25, 0.3) is 0 Å². The van der Waals surface area contributed by atoms with Crippen LogP contribution in [0.15, 0.2) is 48.1 Å². The Labute approximate surface area is 134 Å². The molecule has 3 heterocycles. The van der Waals surface area contributed by atoms with E-state index in [1.165, 1.54) is 4.88 Å². The highest BCUT2D eigenvalue weighted by atomic mass is 32.1. The minimum Gasteiger partial charge on any atom is -0.337 e. The van der Waals surface area contributed by atoms with E-state index in [1.54, 1.807) is 29.8 Å². The summed E-state index contributed by atoms with van der Waals surface area (Å²) in [6, 6.07) is 8.06. The number of amides is 1. The van der Waals surface area contributed by atoms with Crippen molar-refractivity contribution in [1.82, 2.24) is 14.8 Å². The monoisotopic (exact) mass is 313 g/mol. The lowest BCUT2D eigenvalue weighted by Gasteiger charge is -2.33. The Morgan fingerprint density at radius 1 is 1.23 bits per heavy atom. The topological polar surface area (TPSA) is 36.4 Å². The molecule has 0 aliphatic carbocycles. The Morgan fingerprint density at radius 2 is 2.09 bits per heavy atom. The van der Waals surface area contributed by atoms with E-state index in [2.05, 4.69) is 27.4 Å². The minimum atomic E-state index is 0.0830. The Bertz CT molecular complexity index is 617. The molecule has 1 fully saturated rings. The second-order valence-electron chi connectivity index (χ2n) is 5.30. The smallest absolute Gasteiger partial charge is 0.246 e. The Hall–Kier alpha value is -1.98. The zero-order valence-electron chi connectivity index (χ0n) is 12.4. The quantitative estimate of drug-likeness (QED) is 0.814. The van der Waals surface area contributed by atoms with Crippen LogP contribution in [0.5, 0.6) is 0 Å². The van der Waals surface area contributed by atoms with Crippen LogP contribution in [0.1, 0.15) is 10.4 Å². The average Bonchev–Trinajstić information content (AvgIpc) is 3.07. The summed E-state index contributed by atoms with van der Waals surface area (Å²) in [6.45, 7) is 4.45. The molecule has 1 saturated heterocycles. The number of carbonyl (C=O) groups excluding carboxylic acids is 1. The summed E-state index contributed by atoms with van der Waals surface area (Å²) >= 11 is 1.79. The predicted molar refractivity (Wildman–Crippen MR) is 89.4 cm³/mol. The van der Waals surface area contributed by atoms with E-state index in [9.17, 15) is 4.79 Å². The van der Waals surface area contributed by atoms with Crippen molar-refractivity contribution in [3.8, 4) is 0 Å². The van der Waals surface area contributed by atoms with Crippen LogP contribution >= 0.6 is 11.3 Å². The molecule has 0 aromatic carbocycles. The molecule has 0 saturated carbocycles. The summed E-state index contributed by atoms with van der Waals surface area (Å²) in [5, 5.41) is 2.11. The second kappa shape index (κ2) is 7.33. The first-order valence-electron chi connectivity index (χ1n) is 7.43. The lowest BCUT2D eigenvalue weighted by molar-refractivity contribution is -0.127. The number of carbonyl (C=O) groups is 1. The third-order valence-corrected chi connectivity index (χ3v) is 4.61. The highest BCUT2D eigenvalue weighted by Crippen LogP contribution is 2.13. The van der Waals surface area contributed by atoms with E-state index in [1.807, 2.05) is 23.1 Å². The predicted octanol–water partition coefficient (Wildman–Crippen LogP) is 2.50. The van der Waals surface area contributed by atoms with Gasteiger partial charge in [-0.15, -0.1) is 11.3 Å². The fourth-order valence-corrected chi connectivity index (χ4v) is 3.24. The maximum absolute atomic E-state index is 12.2. The molecule has 0 bridgehead atoms. The molecule has 1 amide bonds. The number of aromatic nitrogens is 1. The first-order valence-corrected chi connectivity index (χ1v) is 8.31. The van der Waals surface area contributed by atoms with Crippen LogP contribution in [0, 0.1) is 0 Å². The number of pyridine rings is 1. The van der Waals surface area contributed by atoms with Gasteiger partial charge in [0.15, 0.2) is 0 Å². The second-order valence-corrected chi connectivity index (χ2v) is 6.33. The fourth-order valence-electron chi connectivity index (χ4n) is 2.50. The SMILES string of the molecule is O=C(/C=C/c1cccnc1)N1CCN(Cc2cccs2)CC1. The Kier molecular flexibility index (Phi) is 4.98. The normalized spacial score (nSPS) is 16.3. The van der Waals surface area contributed by atoms with Crippen molar-refractivity contribution < 1.29 is 4.79 Å². The van der Waals surface area contributed by atoms with Crippen molar-refractivity contribution in [3.63, 3.8) is 0 Å². The summed E-state index contributed by atoms with van der Waals surface area (Å²) in [5.41, 5.74) is 0.951. The van der Waals surface area contributed by atoms with Crippen LogP contribution in [0.3, 0.4) is 0 Å². The van der Waals surface area contributed by atoms with Gasteiger partial charge >= 0.3 is 0 Å². The largest absolute Gasteiger partial charge is 0.337 e. The summed E-state index contributed by atoms with van der Waals surface area (Å²) in [7, 11) is 0. The number of hydrogen-bond donors (Lipinski definition) is 0. The molecule has 1 aliphatic rings. The van der Waals surface area contributed by atoms with Crippen molar-refractivity contribution in [2.45, 2.75) is 6.54 Å².